The van der Waals surface area contributed by atoms with Crippen molar-refractivity contribution in [3.8, 4) is 11.5 Å². The summed E-state index contributed by atoms with van der Waals surface area (Å²) in [6.07, 6.45) is 5.13. The smallest absolute Gasteiger partial charge is 0.338 e. The van der Waals surface area contributed by atoms with Gasteiger partial charge in [0.1, 0.15) is 11.5 Å². The van der Waals surface area contributed by atoms with Crippen LogP contribution in [-0.4, -0.2) is 11.1 Å². The van der Waals surface area contributed by atoms with Crippen molar-refractivity contribution in [3.63, 3.8) is 0 Å². The number of hydrogen-bond donors (Lipinski definition) is 1. The van der Waals surface area contributed by atoms with Crippen LogP contribution in [0.5, 0.6) is 11.5 Å². The van der Waals surface area contributed by atoms with Gasteiger partial charge in [0.25, 0.3) is 0 Å². The summed E-state index contributed by atoms with van der Waals surface area (Å²) in [5, 5.41) is 12.6. The van der Waals surface area contributed by atoms with Crippen LogP contribution in [0, 0.1) is 0 Å². The second-order valence-corrected chi connectivity index (χ2v) is 6.63. The van der Waals surface area contributed by atoms with Gasteiger partial charge in [-0.1, -0.05) is 30.3 Å². The molecule has 0 radical (unpaired) electrons. The van der Waals surface area contributed by atoms with E-state index in [-0.39, 0.29) is 17.6 Å². The molecule has 0 saturated carbocycles. The molecule has 2 aliphatic rings. The third-order valence-corrected chi connectivity index (χ3v) is 4.87. The Morgan fingerprint density at radius 2 is 1.96 bits per heavy atom. The quantitative estimate of drug-likeness (QED) is 0.372. The summed E-state index contributed by atoms with van der Waals surface area (Å²) in [5.41, 5.74) is 2.11. The Morgan fingerprint density at radius 3 is 2.65 bits per heavy atom. The lowest BCUT2D eigenvalue weighted by Crippen LogP contribution is -2.11. The SMILES string of the molecule is C=C(C)C(=O)Oc1c2c(c(O)c3cc(Cl)ccc13)C1C=CC2C1. The van der Waals surface area contributed by atoms with Gasteiger partial charge < -0.3 is 9.84 Å². The molecule has 23 heavy (non-hydrogen) atoms. The molecule has 2 aliphatic carbocycles. The van der Waals surface area contributed by atoms with E-state index in [1.54, 1.807) is 25.1 Å². The summed E-state index contributed by atoms with van der Waals surface area (Å²) >= 11 is 6.08. The van der Waals surface area contributed by atoms with Gasteiger partial charge in [-0.2, -0.15) is 0 Å². The topological polar surface area (TPSA) is 46.5 Å². The van der Waals surface area contributed by atoms with Gasteiger partial charge in [0.05, 0.1) is 0 Å². The fraction of sp³-hybridized carbons (Fsp3) is 0.211. The van der Waals surface area contributed by atoms with Crippen molar-refractivity contribution >= 4 is 28.3 Å². The van der Waals surface area contributed by atoms with Crippen molar-refractivity contribution in [1.82, 2.24) is 0 Å². The van der Waals surface area contributed by atoms with Crippen LogP contribution in [0.4, 0.5) is 0 Å². The van der Waals surface area contributed by atoms with Gasteiger partial charge in [-0.25, -0.2) is 4.79 Å². The first-order valence-electron chi connectivity index (χ1n) is 7.51. The number of phenolic OH excluding ortho intramolecular Hbond substituents is 1. The average molecular weight is 327 g/mol. The van der Waals surface area contributed by atoms with Crippen molar-refractivity contribution in [2.75, 3.05) is 0 Å². The number of hydrogen-bond acceptors (Lipinski definition) is 3. The summed E-state index contributed by atoms with van der Waals surface area (Å²) in [4.78, 5) is 12.1. The molecule has 0 fully saturated rings. The number of allylic oxidation sites excluding steroid dienone is 2. The normalized spacial score (nSPS) is 20.8. The van der Waals surface area contributed by atoms with E-state index >= 15 is 0 Å². The maximum absolute atomic E-state index is 12.1. The molecular weight excluding hydrogens is 312 g/mol. The standard InChI is InChI=1S/C19H15ClO3/c1-9(2)19(22)23-18-13-6-5-12(20)8-14(13)17(21)15-10-3-4-11(7-10)16(15)18/h3-6,8,10-11,21H,1,7H2,2H3. The van der Waals surface area contributed by atoms with E-state index in [0.29, 0.717) is 27.1 Å². The molecule has 2 bridgehead atoms. The molecule has 116 valence electrons. The molecule has 0 amide bonds. The minimum Gasteiger partial charge on any atom is -0.507 e. The summed E-state index contributed by atoms with van der Waals surface area (Å²) in [7, 11) is 0. The van der Waals surface area contributed by atoms with Crippen molar-refractivity contribution in [1.29, 1.82) is 0 Å². The molecule has 3 nitrogen and oxygen atoms in total. The fourth-order valence-electron chi connectivity index (χ4n) is 3.61. The van der Waals surface area contributed by atoms with Crippen LogP contribution in [0.15, 0.2) is 42.5 Å². The van der Waals surface area contributed by atoms with E-state index in [2.05, 4.69) is 18.7 Å². The van der Waals surface area contributed by atoms with E-state index in [1.807, 2.05) is 0 Å². The Balaban J connectivity index is 2.04. The predicted octanol–water partition coefficient (Wildman–Crippen LogP) is 4.82. The third-order valence-electron chi connectivity index (χ3n) is 4.64. The third kappa shape index (κ3) is 2.00. The highest BCUT2D eigenvalue weighted by molar-refractivity contribution is 6.31. The number of rotatable bonds is 2. The van der Waals surface area contributed by atoms with Gasteiger partial charge in [-0.15, -0.1) is 0 Å². The number of carbonyl (C=O) groups excluding carboxylic acids is 1. The van der Waals surface area contributed by atoms with Gasteiger partial charge >= 0.3 is 5.97 Å². The molecular formula is C19H15ClO3. The van der Waals surface area contributed by atoms with E-state index < -0.39 is 5.97 Å². The summed E-state index contributed by atoms with van der Waals surface area (Å²) < 4.78 is 5.65. The van der Waals surface area contributed by atoms with Gasteiger partial charge in [0, 0.05) is 44.3 Å². The Labute approximate surface area is 138 Å². The Morgan fingerprint density at radius 1 is 1.26 bits per heavy atom. The van der Waals surface area contributed by atoms with Crippen LogP contribution in [0.1, 0.15) is 36.3 Å². The minimum atomic E-state index is -0.458. The number of benzene rings is 2. The van der Waals surface area contributed by atoms with E-state index in [0.717, 1.165) is 17.5 Å². The molecule has 0 aromatic heterocycles. The number of fused-ring (bicyclic) bond motifs is 6. The highest BCUT2D eigenvalue weighted by Gasteiger charge is 2.39. The van der Waals surface area contributed by atoms with Crippen LogP contribution in [0.3, 0.4) is 0 Å². The summed E-state index contributed by atoms with van der Waals surface area (Å²) in [6.45, 7) is 5.26. The Hall–Kier alpha value is -2.26. The molecule has 2 aromatic carbocycles. The zero-order valence-electron chi connectivity index (χ0n) is 12.6. The molecule has 4 rings (SSSR count). The van der Waals surface area contributed by atoms with Crippen molar-refractivity contribution in [2.24, 2.45) is 0 Å². The summed E-state index contributed by atoms with van der Waals surface area (Å²) in [6, 6.07) is 5.23. The van der Waals surface area contributed by atoms with Crippen LogP contribution < -0.4 is 4.74 Å². The molecule has 4 heteroatoms. The highest BCUT2D eigenvalue weighted by atomic mass is 35.5. The van der Waals surface area contributed by atoms with Crippen LogP contribution in [-0.2, 0) is 4.79 Å². The maximum Gasteiger partial charge on any atom is 0.338 e. The van der Waals surface area contributed by atoms with E-state index in [4.69, 9.17) is 16.3 Å². The van der Waals surface area contributed by atoms with Crippen molar-refractivity contribution < 1.29 is 14.6 Å². The number of carbonyl (C=O) groups is 1. The van der Waals surface area contributed by atoms with Crippen LogP contribution in [0.2, 0.25) is 5.02 Å². The zero-order chi connectivity index (χ0) is 16.3. The number of esters is 1. The summed E-state index contributed by atoms with van der Waals surface area (Å²) in [5.74, 6) is 0.647. The number of ether oxygens (including phenoxy) is 1. The van der Waals surface area contributed by atoms with Gasteiger partial charge in [0.2, 0.25) is 0 Å². The van der Waals surface area contributed by atoms with E-state index in [9.17, 15) is 9.90 Å². The first-order chi connectivity index (χ1) is 11.0. The average Bonchev–Trinajstić information content (AvgIpc) is 3.12. The second-order valence-electron chi connectivity index (χ2n) is 6.20. The van der Waals surface area contributed by atoms with Gasteiger partial charge in [-0.05, 0) is 31.5 Å². The molecule has 2 atom stereocenters. The second kappa shape index (κ2) is 4.87. The van der Waals surface area contributed by atoms with Crippen LogP contribution in [0.25, 0.3) is 10.8 Å². The number of aromatic hydroxyl groups is 1. The maximum atomic E-state index is 12.1. The molecule has 0 heterocycles. The first-order valence-corrected chi connectivity index (χ1v) is 7.89. The van der Waals surface area contributed by atoms with Crippen molar-refractivity contribution in [2.45, 2.75) is 25.2 Å². The minimum absolute atomic E-state index is 0.167. The first kappa shape index (κ1) is 14.3. The predicted molar refractivity (Wildman–Crippen MR) is 90.3 cm³/mol. The Bertz CT molecular complexity index is 911. The van der Waals surface area contributed by atoms with Crippen LogP contribution >= 0.6 is 11.6 Å². The molecule has 0 aliphatic heterocycles. The fourth-order valence-corrected chi connectivity index (χ4v) is 3.78. The molecule has 0 spiro atoms. The molecule has 1 N–H and O–H groups in total. The highest BCUT2D eigenvalue weighted by Crippen LogP contribution is 2.58. The molecule has 2 aromatic rings. The number of halogens is 1. The monoisotopic (exact) mass is 326 g/mol. The van der Waals surface area contributed by atoms with Gasteiger partial charge in [-0.3, -0.25) is 0 Å². The lowest BCUT2D eigenvalue weighted by Gasteiger charge is -2.20. The zero-order valence-corrected chi connectivity index (χ0v) is 13.4. The molecule has 0 saturated heterocycles. The number of phenols is 1. The lowest BCUT2D eigenvalue weighted by atomic mass is 9.91. The van der Waals surface area contributed by atoms with Gasteiger partial charge in [0.15, 0.2) is 0 Å². The Kier molecular flexibility index (Phi) is 3.03. The lowest BCUT2D eigenvalue weighted by molar-refractivity contribution is -0.130. The van der Waals surface area contributed by atoms with Crippen molar-refractivity contribution in [3.05, 3.63) is 58.7 Å². The van der Waals surface area contributed by atoms with E-state index in [1.165, 1.54) is 0 Å². The largest absolute Gasteiger partial charge is 0.507 e. The molecule has 2 unspecified atom stereocenters.